The average Bonchev–Trinajstić information content (AvgIpc) is 2.76. The summed E-state index contributed by atoms with van der Waals surface area (Å²) in [6.45, 7) is 0.142. The number of ether oxygens (including phenoxy) is 2. The van der Waals surface area contributed by atoms with Crippen LogP contribution in [0.2, 0.25) is 5.02 Å². The molecular weight excluding hydrogens is 440 g/mol. The summed E-state index contributed by atoms with van der Waals surface area (Å²) in [6.07, 6.45) is 0. The lowest BCUT2D eigenvalue weighted by Crippen LogP contribution is -2.50. The molecule has 0 aromatic heterocycles. The van der Waals surface area contributed by atoms with Gasteiger partial charge in [0.25, 0.3) is 10.0 Å². The summed E-state index contributed by atoms with van der Waals surface area (Å²) in [5.41, 5.74) is 1.18. The van der Waals surface area contributed by atoms with Gasteiger partial charge in [0.1, 0.15) is 16.4 Å². The molecule has 4 rings (SSSR count). The standard InChI is InChI=1S/C22H19ClN2O5S/c1-29-18-11-17(12-19(13-18)30-2)25-22(26)24(14-15-6-5-7-16(23)10-15)20-8-3-4-9-21(20)31(25,27)28/h3-13H,14H2,1-2H3. The van der Waals surface area contributed by atoms with E-state index in [-0.39, 0.29) is 17.1 Å². The third-order valence-electron chi connectivity index (χ3n) is 4.88. The van der Waals surface area contributed by atoms with E-state index in [1.807, 2.05) is 6.07 Å². The normalized spacial score (nSPS) is 14.9. The van der Waals surface area contributed by atoms with Crippen molar-refractivity contribution in [1.29, 1.82) is 0 Å². The lowest BCUT2D eigenvalue weighted by Gasteiger charge is -2.36. The van der Waals surface area contributed by atoms with E-state index in [1.165, 1.54) is 37.3 Å². The molecule has 0 N–H and O–H groups in total. The van der Waals surface area contributed by atoms with Crippen LogP contribution in [0.25, 0.3) is 0 Å². The van der Waals surface area contributed by atoms with E-state index in [4.69, 9.17) is 21.1 Å². The fourth-order valence-electron chi connectivity index (χ4n) is 3.44. The number of hydrogen-bond acceptors (Lipinski definition) is 5. The molecule has 0 atom stereocenters. The van der Waals surface area contributed by atoms with Gasteiger partial charge in [0.15, 0.2) is 0 Å². The number of benzene rings is 3. The molecule has 1 heterocycles. The molecule has 3 aromatic carbocycles. The van der Waals surface area contributed by atoms with Gasteiger partial charge in [-0.15, -0.1) is 0 Å². The van der Waals surface area contributed by atoms with Crippen molar-refractivity contribution in [1.82, 2.24) is 0 Å². The van der Waals surface area contributed by atoms with Crippen LogP contribution < -0.4 is 18.7 Å². The fraction of sp³-hybridized carbons (Fsp3) is 0.136. The van der Waals surface area contributed by atoms with Gasteiger partial charge < -0.3 is 9.47 Å². The summed E-state index contributed by atoms with van der Waals surface area (Å²) in [4.78, 5) is 15.0. The Kier molecular flexibility index (Phi) is 5.51. The van der Waals surface area contributed by atoms with Crippen molar-refractivity contribution in [2.45, 2.75) is 11.4 Å². The predicted octanol–water partition coefficient (Wildman–Crippen LogP) is 4.69. The van der Waals surface area contributed by atoms with Crippen LogP contribution in [-0.4, -0.2) is 28.7 Å². The molecule has 0 spiro atoms. The molecule has 9 heteroatoms. The van der Waals surface area contributed by atoms with Crippen LogP contribution in [0.15, 0.2) is 71.6 Å². The molecule has 0 unspecified atom stereocenters. The summed E-state index contributed by atoms with van der Waals surface area (Å²) in [7, 11) is -1.26. The number of para-hydroxylation sites is 1. The molecule has 1 aliphatic rings. The summed E-state index contributed by atoms with van der Waals surface area (Å²) in [5.74, 6) is 0.718. The van der Waals surface area contributed by atoms with Crippen LogP contribution in [-0.2, 0) is 16.6 Å². The van der Waals surface area contributed by atoms with Gasteiger partial charge in [0, 0.05) is 23.2 Å². The second kappa shape index (κ2) is 8.13. The molecule has 0 saturated heterocycles. The number of sulfonamides is 1. The Morgan fingerprint density at radius 3 is 2.23 bits per heavy atom. The average molecular weight is 459 g/mol. The number of methoxy groups -OCH3 is 2. The molecular formula is C22H19ClN2O5S. The molecule has 3 aromatic rings. The maximum atomic E-state index is 13.6. The van der Waals surface area contributed by atoms with E-state index in [1.54, 1.807) is 42.5 Å². The number of halogens is 1. The van der Waals surface area contributed by atoms with Crippen LogP contribution in [0.5, 0.6) is 11.5 Å². The third-order valence-corrected chi connectivity index (χ3v) is 6.86. The van der Waals surface area contributed by atoms with Crippen molar-refractivity contribution in [3.63, 3.8) is 0 Å². The van der Waals surface area contributed by atoms with Crippen LogP contribution >= 0.6 is 11.6 Å². The maximum Gasteiger partial charge on any atom is 0.343 e. The summed E-state index contributed by atoms with van der Waals surface area (Å²) < 4.78 is 38.2. The highest BCUT2D eigenvalue weighted by Gasteiger charge is 2.42. The first-order chi connectivity index (χ1) is 14.8. The number of hydrogen-bond donors (Lipinski definition) is 0. The quantitative estimate of drug-likeness (QED) is 0.554. The van der Waals surface area contributed by atoms with Gasteiger partial charge in [-0.3, -0.25) is 4.90 Å². The van der Waals surface area contributed by atoms with E-state index in [0.717, 1.165) is 9.87 Å². The smallest absolute Gasteiger partial charge is 0.343 e. The van der Waals surface area contributed by atoms with Crippen molar-refractivity contribution >= 4 is 39.0 Å². The van der Waals surface area contributed by atoms with Crippen molar-refractivity contribution < 1.29 is 22.7 Å². The SMILES string of the molecule is COc1cc(OC)cc(N2C(=O)N(Cc3cccc(Cl)c3)c3ccccc3S2(=O)=O)c1. The zero-order chi connectivity index (χ0) is 22.2. The number of urea groups is 1. The Morgan fingerprint density at radius 2 is 1.58 bits per heavy atom. The number of carbonyl (C=O) groups excluding carboxylic acids is 1. The number of amides is 2. The first-order valence-corrected chi connectivity index (χ1v) is 11.1. The first-order valence-electron chi connectivity index (χ1n) is 9.28. The number of carbonyl (C=O) groups is 1. The van der Waals surface area contributed by atoms with Gasteiger partial charge in [0.2, 0.25) is 0 Å². The van der Waals surface area contributed by atoms with E-state index < -0.39 is 16.1 Å². The zero-order valence-corrected chi connectivity index (χ0v) is 18.4. The Balaban J connectivity index is 1.88. The molecule has 0 radical (unpaired) electrons. The molecule has 0 fully saturated rings. The van der Waals surface area contributed by atoms with E-state index in [2.05, 4.69) is 0 Å². The lowest BCUT2D eigenvalue weighted by atomic mass is 10.2. The molecule has 0 saturated carbocycles. The molecule has 1 aliphatic heterocycles. The highest BCUT2D eigenvalue weighted by molar-refractivity contribution is 7.94. The highest BCUT2D eigenvalue weighted by atomic mass is 35.5. The molecule has 160 valence electrons. The molecule has 0 bridgehead atoms. The maximum absolute atomic E-state index is 13.6. The topological polar surface area (TPSA) is 76.2 Å². The van der Waals surface area contributed by atoms with Crippen LogP contribution in [0.4, 0.5) is 16.2 Å². The van der Waals surface area contributed by atoms with Crippen LogP contribution in [0.1, 0.15) is 5.56 Å². The summed E-state index contributed by atoms with van der Waals surface area (Å²) >= 11 is 6.10. The molecule has 0 aliphatic carbocycles. The van der Waals surface area contributed by atoms with Crippen molar-refractivity contribution in [3.05, 3.63) is 77.3 Å². The number of nitrogens with zero attached hydrogens (tertiary/aromatic N) is 2. The second-order valence-electron chi connectivity index (χ2n) is 6.81. The minimum Gasteiger partial charge on any atom is -0.497 e. The molecule has 7 nitrogen and oxygen atoms in total. The minimum absolute atomic E-state index is 0.0263. The molecule has 2 amide bonds. The van der Waals surface area contributed by atoms with Crippen molar-refractivity contribution in [2.75, 3.05) is 23.4 Å². The van der Waals surface area contributed by atoms with E-state index >= 15 is 0 Å². The van der Waals surface area contributed by atoms with Gasteiger partial charge in [-0.05, 0) is 29.8 Å². The van der Waals surface area contributed by atoms with Crippen LogP contribution in [0, 0.1) is 0 Å². The summed E-state index contributed by atoms with van der Waals surface area (Å²) in [6, 6.07) is 17.3. The Bertz CT molecular complexity index is 1240. The zero-order valence-electron chi connectivity index (χ0n) is 16.8. The minimum atomic E-state index is -4.16. The van der Waals surface area contributed by atoms with Crippen molar-refractivity contribution in [2.24, 2.45) is 0 Å². The van der Waals surface area contributed by atoms with Crippen molar-refractivity contribution in [3.8, 4) is 11.5 Å². The van der Waals surface area contributed by atoms with Gasteiger partial charge >= 0.3 is 6.03 Å². The monoisotopic (exact) mass is 458 g/mol. The number of rotatable bonds is 5. The van der Waals surface area contributed by atoms with Gasteiger partial charge in [0.05, 0.1) is 32.1 Å². The third kappa shape index (κ3) is 3.80. The largest absolute Gasteiger partial charge is 0.497 e. The van der Waals surface area contributed by atoms with Crippen LogP contribution in [0.3, 0.4) is 0 Å². The first kappa shape index (κ1) is 21.0. The van der Waals surface area contributed by atoms with Gasteiger partial charge in [-0.2, -0.15) is 4.31 Å². The Morgan fingerprint density at radius 1 is 0.903 bits per heavy atom. The predicted molar refractivity (Wildman–Crippen MR) is 119 cm³/mol. The highest BCUT2D eigenvalue weighted by Crippen LogP contribution is 2.40. The Hall–Kier alpha value is -3.23. The summed E-state index contributed by atoms with van der Waals surface area (Å²) in [5, 5.41) is 0.525. The number of fused-ring (bicyclic) bond motifs is 1. The Labute approximate surface area is 185 Å². The van der Waals surface area contributed by atoms with Gasteiger partial charge in [-0.1, -0.05) is 35.9 Å². The van der Waals surface area contributed by atoms with Gasteiger partial charge in [-0.25, -0.2) is 13.2 Å². The van der Waals surface area contributed by atoms with E-state index in [9.17, 15) is 13.2 Å². The fourth-order valence-corrected chi connectivity index (χ4v) is 5.23. The van der Waals surface area contributed by atoms with E-state index in [0.29, 0.717) is 22.2 Å². The second-order valence-corrected chi connectivity index (χ2v) is 9.00. The number of anilines is 2. The molecule has 31 heavy (non-hydrogen) atoms. The lowest BCUT2D eigenvalue weighted by molar-refractivity contribution is 0.253.